The molecule has 5 nitrogen and oxygen atoms in total. The van der Waals surface area contributed by atoms with Crippen molar-refractivity contribution >= 4 is 55.7 Å². The van der Waals surface area contributed by atoms with Gasteiger partial charge in [-0.25, -0.2) is 0 Å². The van der Waals surface area contributed by atoms with E-state index in [0.29, 0.717) is 27.9 Å². The summed E-state index contributed by atoms with van der Waals surface area (Å²) in [4.78, 5) is 0. The van der Waals surface area contributed by atoms with Crippen LogP contribution in [0.25, 0.3) is 38.6 Å². The largest absolute Gasteiger partial charge is 0.487 e. The van der Waals surface area contributed by atoms with Gasteiger partial charge in [-0.2, -0.15) is 0 Å². The first-order chi connectivity index (χ1) is 29.9. The lowest BCUT2D eigenvalue weighted by molar-refractivity contribution is 0.304. The molecule has 1 aliphatic heterocycles. The van der Waals surface area contributed by atoms with E-state index in [1.54, 1.807) is 0 Å². The maximum Gasteiger partial charge on any atom is 0.311 e. The molecule has 0 radical (unpaired) electrons. The third kappa shape index (κ3) is 8.02. The fourth-order valence-electron chi connectivity index (χ4n) is 8.58. The smallest absolute Gasteiger partial charge is 0.311 e. The quantitative estimate of drug-likeness (QED) is 0.143. The normalized spacial score (nSPS) is 15.2. The van der Waals surface area contributed by atoms with Crippen LogP contribution in [0.2, 0.25) is 0 Å². The second-order valence-corrected chi connectivity index (χ2v) is 23.0. The van der Waals surface area contributed by atoms with Crippen molar-refractivity contribution < 1.29 is 18.6 Å². The van der Waals surface area contributed by atoms with Crippen molar-refractivity contribution in [3.63, 3.8) is 0 Å². The number of hydrogen-bond acceptors (Lipinski definition) is 4. The van der Waals surface area contributed by atoms with Gasteiger partial charge in [0.05, 0.1) is 21.5 Å². The summed E-state index contributed by atoms with van der Waals surface area (Å²) in [6.07, 6.45) is 0. The van der Waals surface area contributed by atoms with Crippen molar-refractivity contribution in [2.75, 3.05) is 0 Å². The Kier molecular flexibility index (Phi) is 10.8. The average molecular weight is 917 g/mol. The zero-order valence-electron chi connectivity index (χ0n) is 37.7. The highest BCUT2D eigenvalue weighted by molar-refractivity contribution is 9.10. The van der Waals surface area contributed by atoms with E-state index in [1.165, 1.54) is 16.7 Å². The Hall–Kier alpha value is -5.55. The van der Waals surface area contributed by atoms with Crippen LogP contribution >= 0.6 is 23.3 Å². The molecule has 9 rings (SSSR count). The number of halogens is 1. The van der Waals surface area contributed by atoms with E-state index in [-0.39, 0.29) is 29.5 Å². The summed E-state index contributed by atoms with van der Waals surface area (Å²) < 4.78 is 40.7. The molecule has 63 heavy (non-hydrogen) atoms. The van der Waals surface area contributed by atoms with Crippen molar-refractivity contribution in [3.05, 3.63) is 178 Å². The van der Waals surface area contributed by atoms with Gasteiger partial charge in [-0.3, -0.25) is 4.57 Å². The third-order valence-corrected chi connectivity index (χ3v) is 15.2. The van der Waals surface area contributed by atoms with Crippen LogP contribution in [0.1, 0.15) is 90.1 Å². The lowest BCUT2D eigenvalue weighted by atomic mass is 9.87. The van der Waals surface area contributed by atoms with Gasteiger partial charge < -0.3 is 18.6 Å². The van der Waals surface area contributed by atoms with E-state index in [4.69, 9.17) is 14.0 Å². The summed E-state index contributed by atoms with van der Waals surface area (Å²) >= 11 is 3.82. The third-order valence-electron chi connectivity index (χ3n) is 12.2. The summed E-state index contributed by atoms with van der Waals surface area (Å²) in [6, 6.07) is 50.0. The second kappa shape index (κ2) is 15.9. The molecular weight excluding hydrogens is 861 g/mol. The lowest BCUT2D eigenvalue weighted by Crippen LogP contribution is -2.27. The molecular formula is C56H55BrNO4P. The van der Waals surface area contributed by atoms with Crippen molar-refractivity contribution in [1.29, 1.82) is 0 Å². The molecule has 0 fully saturated rings. The monoisotopic (exact) mass is 915 g/mol. The van der Waals surface area contributed by atoms with Crippen molar-refractivity contribution in [3.8, 4) is 34.1 Å². The van der Waals surface area contributed by atoms with Crippen LogP contribution in [0.4, 0.5) is 0 Å². The molecule has 1 atom stereocenters. The Labute approximate surface area is 380 Å². The number of ether oxygens (including phenoxy) is 2. The first-order valence-corrected chi connectivity index (χ1v) is 24.2. The zero-order valence-corrected chi connectivity index (χ0v) is 40.2. The molecule has 0 N–H and O–H groups in total. The molecule has 1 unspecified atom stereocenters. The van der Waals surface area contributed by atoms with E-state index < -0.39 is 7.37 Å². The van der Waals surface area contributed by atoms with Gasteiger partial charge >= 0.3 is 7.37 Å². The molecule has 8 aromatic rings. The minimum Gasteiger partial charge on any atom is -0.487 e. The van der Waals surface area contributed by atoms with E-state index in [2.05, 4.69) is 174 Å². The number of nitrogens with zero attached hydrogens (tertiary/aromatic N) is 1. The molecule has 1 aromatic heterocycles. The van der Waals surface area contributed by atoms with Gasteiger partial charge in [0.1, 0.15) is 36.0 Å². The minimum absolute atomic E-state index is 0.00486. The molecule has 7 aromatic carbocycles. The highest BCUT2D eigenvalue weighted by atomic mass is 79.9. The van der Waals surface area contributed by atoms with Crippen LogP contribution < -0.4 is 24.6 Å². The van der Waals surface area contributed by atoms with Crippen molar-refractivity contribution in [2.24, 2.45) is 0 Å². The molecule has 0 spiro atoms. The van der Waals surface area contributed by atoms with Crippen molar-refractivity contribution in [1.82, 2.24) is 4.57 Å². The minimum atomic E-state index is -3.93. The topological polar surface area (TPSA) is 49.7 Å². The Morgan fingerprint density at radius 3 is 1.68 bits per heavy atom. The Balaban J connectivity index is 1.34. The van der Waals surface area contributed by atoms with Crippen LogP contribution in [0.5, 0.6) is 17.2 Å². The standard InChI is InChI=1S/C56H55BrNO4P/c1-54(2,3)38-22-18-36(19-23-38)34-60-48-33-50(63(59)49-17-13-11-15-44(49)43-14-10-12-16-47(43)62-63)53(61-35-37-20-24-39(25-21-37)55(4,5)6)51-45-32-41(57)28-31-46(45)58(52(48)51)42-29-26-40(27-30-42)56(7,8)9/h10-33H,34-35H2,1-9H3. The second-order valence-electron chi connectivity index (χ2n) is 19.9. The molecule has 0 bridgehead atoms. The van der Waals surface area contributed by atoms with E-state index in [9.17, 15) is 0 Å². The van der Waals surface area contributed by atoms with Crippen LogP contribution in [0.15, 0.2) is 150 Å². The zero-order chi connectivity index (χ0) is 44.5. The van der Waals surface area contributed by atoms with Gasteiger partial charge in [0.15, 0.2) is 0 Å². The number of aromatic nitrogens is 1. The summed E-state index contributed by atoms with van der Waals surface area (Å²) in [7, 11) is -3.93. The maximum atomic E-state index is 16.4. The summed E-state index contributed by atoms with van der Waals surface area (Å²) in [5, 5.41) is 2.79. The number of rotatable bonds is 8. The van der Waals surface area contributed by atoms with Crippen molar-refractivity contribution in [2.45, 2.75) is 91.8 Å². The number of fused-ring (bicyclic) bond motifs is 6. The van der Waals surface area contributed by atoms with Crippen LogP contribution in [0, 0.1) is 0 Å². The fourth-order valence-corrected chi connectivity index (χ4v) is 11.4. The molecule has 0 amide bonds. The summed E-state index contributed by atoms with van der Waals surface area (Å²) in [6.45, 7) is 20.5. The first-order valence-electron chi connectivity index (χ1n) is 21.8. The Morgan fingerprint density at radius 2 is 1.10 bits per heavy atom. The predicted molar refractivity (Wildman–Crippen MR) is 266 cm³/mol. The molecule has 7 heteroatoms. The highest BCUT2D eigenvalue weighted by Gasteiger charge is 2.42. The number of hydrogen-bond donors (Lipinski definition) is 0. The molecule has 0 aliphatic carbocycles. The average Bonchev–Trinajstić information content (AvgIpc) is 3.59. The van der Waals surface area contributed by atoms with Gasteiger partial charge in [-0.05, 0) is 92.1 Å². The van der Waals surface area contributed by atoms with Gasteiger partial charge in [-0.1, -0.05) is 175 Å². The number of para-hydroxylation sites is 1. The fraction of sp³-hybridized carbons (Fsp3) is 0.250. The molecule has 1 aliphatic rings. The van der Waals surface area contributed by atoms with Crippen LogP contribution in [0.3, 0.4) is 0 Å². The predicted octanol–water partition coefficient (Wildman–Crippen LogP) is 14.9. The molecule has 0 saturated heterocycles. The summed E-state index contributed by atoms with van der Waals surface area (Å²) in [5.74, 6) is 1.63. The van der Waals surface area contributed by atoms with E-state index >= 15 is 4.57 Å². The SMILES string of the molecule is CC(C)(C)c1ccc(COc2c(P3(=O)Oc4ccccc4-c4ccccc43)cc(OCc3ccc(C(C)(C)C)cc3)c3c2c2cc(Br)ccc2n3-c2ccc(C(C)(C)C)cc2)cc1. The molecule has 320 valence electrons. The van der Waals surface area contributed by atoms with Gasteiger partial charge in [-0.15, -0.1) is 0 Å². The molecule has 2 heterocycles. The Bertz CT molecular complexity index is 3050. The molecule has 0 saturated carbocycles. The number of benzene rings is 7. The van der Waals surface area contributed by atoms with Gasteiger partial charge in [0.2, 0.25) is 0 Å². The maximum absolute atomic E-state index is 16.4. The highest BCUT2D eigenvalue weighted by Crippen LogP contribution is 2.58. The van der Waals surface area contributed by atoms with Crippen LogP contribution in [-0.2, 0) is 34.0 Å². The van der Waals surface area contributed by atoms with Gasteiger partial charge in [0, 0.05) is 27.2 Å². The van der Waals surface area contributed by atoms with E-state index in [0.717, 1.165) is 54.2 Å². The van der Waals surface area contributed by atoms with Gasteiger partial charge in [0.25, 0.3) is 0 Å². The van der Waals surface area contributed by atoms with Crippen LogP contribution in [-0.4, -0.2) is 4.57 Å². The first kappa shape index (κ1) is 42.7. The van der Waals surface area contributed by atoms with E-state index in [1.807, 2.05) is 54.6 Å². The Morgan fingerprint density at radius 1 is 0.571 bits per heavy atom. The lowest BCUT2D eigenvalue weighted by Gasteiger charge is -2.30. The summed E-state index contributed by atoms with van der Waals surface area (Å²) in [5.41, 5.74) is 10.3.